The first-order valence-electron chi connectivity index (χ1n) is 8.27. The first-order valence-corrected chi connectivity index (χ1v) is 9.76. The third-order valence-corrected chi connectivity index (χ3v) is 5.31. The molecular weight excluding hydrogens is 372 g/mol. The second kappa shape index (κ2) is 8.28. The minimum atomic E-state index is -3.86. The Morgan fingerprint density at radius 1 is 1.11 bits per heavy atom. The minimum Gasteiger partial charge on any atom is -0.496 e. The molecule has 0 aromatic heterocycles. The van der Waals surface area contributed by atoms with Crippen LogP contribution in [0.4, 0.5) is 0 Å². The summed E-state index contributed by atoms with van der Waals surface area (Å²) < 4.78 is 43.0. The van der Waals surface area contributed by atoms with Crippen LogP contribution in [0.1, 0.15) is 5.56 Å². The molecule has 9 heteroatoms. The SMILES string of the molecule is COc1ccccc1CNC(=O)CNS(=O)(=O)c1ccc2c(c1)OCCO2. The molecule has 2 N–H and O–H groups in total. The number of carbonyl (C=O) groups is 1. The molecule has 2 aromatic carbocycles. The number of sulfonamides is 1. The lowest BCUT2D eigenvalue weighted by Crippen LogP contribution is -2.36. The summed E-state index contributed by atoms with van der Waals surface area (Å²) in [6.45, 7) is 0.625. The summed E-state index contributed by atoms with van der Waals surface area (Å²) in [7, 11) is -2.31. The maximum Gasteiger partial charge on any atom is 0.241 e. The minimum absolute atomic E-state index is 0.00396. The molecule has 1 heterocycles. The molecule has 0 unspecified atom stereocenters. The molecule has 0 atom stereocenters. The normalized spacial score (nSPS) is 13.1. The van der Waals surface area contributed by atoms with Gasteiger partial charge in [0, 0.05) is 18.2 Å². The summed E-state index contributed by atoms with van der Waals surface area (Å²) in [5.41, 5.74) is 0.794. The zero-order valence-corrected chi connectivity index (χ0v) is 15.5. The highest BCUT2D eigenvalue weighted by atomic mass is 32.2. The van der Waals surface area contributed by atoms with Crippen LogP contribution in [0, 0.1) is 0 Å². The van der Waals surface area contributed by atoms with E-state index in [1.807, 2.05) is 18.2 Å². The Morgan fingerprint density at radius 3 is 2.63 bits per heavy atom. The van der Waals surface area contributed by atoms with Gasteiger partial charge >= 0.3 is 0 Å². The van der Waals surface area contributed by atoms with Gasteiger partial charge in [0.1, 0.15) is 19.0 Å². The lowest BCUT2D eigenvalue weighted by Gasteiger charge is -2.18. The number of methoxy groups -OCH3 is 1. The molecule has 0 fully saturated rings. The third-order valence-electron chi connectivity index (χ3n) is 3.92. The first-order chi connectivity index (χ1) is 13.0. The predicted molar refractivity (Wildman–Crippen MR) is 97.5 cm³/mol. The van der Waals surface area contributed by atoms with Gasteiger partial charge in [-0.15, -0.1) is 0 Å². The van der Waals surface area contributed by atoms with Crippen LogP contribution in [0.25, 0.3) is 0 Å². The van der Waals surface area contributed by atoms with Crippen molar-refractivity contribution in [3.05, 3.63) is 48.0 Å². The van der Waals surface area contributed by atoms with E-state index in [-0.39, 0.29) is 18.0 Å². The topological polar surface area (TPSA) is 103 Å². The average molecular weight is 392 g/mol. The van der Waals surface area contributed by atoms with Gasteiger partial charge in [0.2, 0.25) is 15.9 Å². The first kappa shape index (κ1) is 19.0. The van der Waals surface area contributed by atoms with Gasteiger partial charge in [-0.2, -0.15) is 0 Å². The number of benzene rings is 2. The van der Waals surface area contributed by atoms with Gasteiger partial charge in [-0.1, -0.05) is 18.2 Å². The molecule has 0 spiro atoms. The van der Waals surface area contributed by atoms with Crippen molar-refractivity contribution in [1.29, 1.82) is 0 Å². The number of ether oxygens (including phenoxy) is 3. The van der Waals surface area contributed by atoms with Crippen LogP contribution >= 0.6 is 0 Å². The van der Waals surface area contributed by atoms with E-state index >= 15 is 0 Å². The number of amides is 1. The molecule has 0 saturated heterocycles. The number of fused-ring (bicyclic) bond motifs is 1. The van der Waals surface area contributed by atoms with Crippen molar-refractivity contribution in [3.8, 4) is 17.2 Å². The van der Waals surface area contributed by atoms with E-state index in [2.05, 4.69) is 10.0 Å². The molecule has 1 aliphatic rings. The highest BCUT2D eigenvalue weighted by Crippen LogP contribution is 2.32. The average Bonchev–Trinajstić information content (AvgIpc) is 2.70. The molecule has 8 nitrogen and oxygen atoms in total. The predicted octanol–water partition coefficient (Wildman–Crippen LogP) is 1.06. The largest absolute Gasteiger partial charge is 0.496 e. The Labute approximate surface area is 157 Å². The summed E-state index contributed by atoms with van der Waals surface area (Å²) in [6, 6.07) is 11.6. The fourth-order valence-electron chi connectivity index (χ4n) is 2.54. The van der Waals surface area contributed by atoms with Crippen molar-refractivity contribution in [2.45, 2.75) is 11.4 Å². The molecule has 2 aromatic rings. The lowest BCUT2D eigenvalue weighted by molar-refractivity contribution is -0.120. The maximum atomic E-state index is 12.4. The molecule has 0 bridgehead atoms. The molecule has 0 aliphatic carbocycles. The maximum absolute atomic E-state index is 12.4. The molecule has 1 aliphatic heterocycles. The Morgan fingerprint density at radius 2 is 1.85 bits per heavy atom. The van der Waals surface area contributed by atoms with Crippen LogP contribution in [0.15, 0.2) is 47.4 Å². The van der Waals surface area contributed by atoms with Crippen LogP contribution in [-0.2, 0) is 21.4 Å². The van der Waals surface area contributed by atoms with E-state index < -0.39 is 15.9 Å². The molecule has 0 saturated carbocycles. The van der Waals surface area contributed by atoms with E-state index in [4.69, 9.17) is 14.2 Å². The van der Waals surface area contributed by atoms with Gasteiger partial charge in [-0.3, -0.25) is 4.79 Å². The van der Waals surface area contributed by atoms with E-state index in [1.54, 1.807) is 13.2 Å². The van der Waals surface area contributed by atoms with Crippen molar-refractivity contribution in [2.24, 2.45) is 0 Å². The molecule has 0 radical (unpaired) electrons. The van der Waals surface area contributed by atoms with Crippen LogP contribution < -0.4 is 24.2 Å². The molecule has 144 valence electrons. The Bertz CT molecular complexity index is 929. The monoisotopic (exact) mass is 392 g/mol. The van der Waals surface area contributed by atoms with Crippen LogP contribution in [0.5, 0.6) is 17.2 Å². The Balaban J connectivity index is 1.57. The van der Waals surface area contributed by atoms with Crippen LogP contribution in [0.3, 0.4) is 0 Å². The quantitative estimate of drug-likeness (QED) is 0.730. The number of para-hydroxylation sites is 1. The third kappa shape index (κ3) is 4.69. The highest BCUT2D eigenvalue weighted by Gasteiger charge is 2.20. The fourth-order valence-corrected chi connectivity index (χ4v) is 3.54. The van der Waals surface area contributed by atoms with Crippen molar-refractivity contribution >= 4 is 15.9 Å². The van der Waals surface area contributed by atoms with Crippen molar-refractivity contribution in [2.75, 3.05) is 26.9 Å². The Kier molecular flexibility index (Phi) is 5.82. The number of hydrogen-bond acceptors (Lipinski definition) is 6. The smallest absolute Gasteiger partial charge is 0.241 e. The highest BCUT2D eigenvalue weighted by molar-refractivity contribution is 7.89. The number of hydrogen-bond donors (Lipinski definition) is 2. The van der Waals surface area contributed by atoms with Gasteiger partial charge in [0.05, 0.1) is 18.6 Å². The van der Waals surface area contributed by atoms with E-state index in [0.717, 1.165) is 5.56 Å². The second-order valence-corrected chi connectivity index (χ2v) is 7.49. The van der Waals surface area contributed by atoms with Gasteiger partial charge < -0.3 is 19.5 Å². The summed E-state index contributed by atoms with van der Waals surface area (Å²) in [5.74, 6) is 1.05. The van der Waals surface area contributed by atoms with Crippen molar-refractivity contribution in [1.82, 2.24) is 10.0 Å². The number of carbonyl (C=O) groups excluding carboxylic acids is 1. The van der Waals surface area contributed by atoms with Gasteiger partial charge in [-0.25, -0.2) is 13.1 Å². The molecular formula is C18H20N2O6S. The van der Waals surface area contributed by atoms with Gasteiger partial charge in [-0.05, 0) is 18.2 Å². The lowest BCUT2D eigenvalue weighted by atomic mass is 10.2. The van der Waals surface area contributed by atoms with E-state index in [9.17, 15) is 13.2 Å². The standard InChI is InChI=1S/C18H20N2O6S/c1-24-15-5-3-2-4-13(15)11-19-18(21)12-20-27(22,23)14-6-7-16-17(10-14)26-9-8-25-16/h2-7,10,20H,8-9,11-12H2,1H3,(H,19,21). The molecule has 27 heavy (non-hydrogen) atoms. The van der Waals surface area contributed by atoms with Crippen LogP contribution in [0.2, 0.25) is 0 Å². The van der Waals surface area contributed by atoms with Gasteiger partial charge in [0.25, 0.3) is 0 Å². The summed E-state index contributed by atoms with van der Waals surface area (Å²) >= 11 is 0. The zero-order chi connectivity index (χ0) is 19.3. The molecule has 3 rings (SSSR count). The summed E-state index contributed by atoms with van der Waals surface area (Å²) in [6.07, 6.45) is 0. The zero-order valence-electron chi connectivity index (χ0n) is 14.7. The number of nitrogens with one attached hydrogen (secondary N) is 2. The summed E-state index contributed by atoms with van der Waals surface area (Å²) in [5, 5.41) is 2.66. The van der Waals surface area contributed by atoms with Crippen LogP contribution in [-0.4, -0.2) is 41.2 Å². The number of rotatable bonds is 7. The van der Waals surface area contributed by atoms with Crippen molar-refractivity contribution in [3.63, 3.8) is 0 Å². The van der Waals surface area contributed by atoms with E-state index in [1.165, 1.54) is 18.2 Å². The second-order valence-electron chi connectivity index (χ2n) is 5.72. The Hall–Kier alpha value is -2.78. The van der Waals surface area contributed by atoms with Crippen molar-refractivity contribution < 1.29 is 27.4 Å². The molecule has 1 amide bonds. The van der Waals surface area contributed by atoms with E-state index in [0.29, 0.717) is 30.5 Å². The fraction of sp³-hybridized carbons (Fsp3) is 0.278. The van der Waals surface area contributed by atoms with Gasteiger partial charge in [0.15, 0.2) is 11.5 Å². The summed E-state index contributed by atoms with van der Waals surface area (Å²) in [4.78, 5) is 12.0.